The fraction of sp³-hybridized carbons (Fsp3) is 0.750. The van der Waals surface area contributed by atoms with E-state index < -0.39 is 0 Å². The average Bonchev–Trinajstić information content (AvgIpc) is 2.37. The number of hydrogen-bond acceptors (Lipinski definition) is 0. The predicted octanol–water partition coefficient (Wildman–Crippen LogP) is 5.89. The van der Waals surface area contributed by atoms with Crippen LogP contribution in [0.1, 0.15) is 53.4 Å². The molecular weight excluding hydrogens is 258 g/mol. The zero-order valence-corrected chi connectivity index (χ0v) is 15.4. The van der Waals surface area contributed by atoms with Crippen LogP contribution >= 0.6 is 0 Å². The second kappa shape index (κ2) is 12.6. The van der Waals surface area contributed by atoms with Crippen LogP contribution in [0.4, 0.5) is 0 Å². The molecule has 0 aliphatic rings. The normalized spacial score (nSPS) is 15.3. The van der Waals surface area contributed by atoms with E-state index in [1.165, 1.54) is 25.7 Å². The van der Waals surface area contributed by atoms with Gasteiger partial charge in [-0.05, 0) is 0 Å². The molecule has 0 rings (SSSR count). The van der Waals surface area contributed by atoms with E-state index in [9.17, 15) is 0 Å². The number of hydrogen-bond donors (Lipinski definition) is 0. The molecule has 0 N–H and O–H groups in total. The molecule has 1 heteroatoms. The first-order chi connectivity index (χ1) is 8.28. The average molecular weight is 288 g/mol. The SMILES string of the molecule is CC=CCC(CC)[CH2][Zn][CH2]C(CC)CC=CC. The van der Waals surface area contributed by atoms with E-state index in [0.717, 1.165) is 11.8 Å². The van der Waals surface area contributed by atoms with Crippen molar-refractivity contribution in [1.82, 2.24) is 0 Å². The van der Waals surface area contributed by atoms with Gasteiger partial charge < -0.3 is 0 Å². The van der Waals surface area contributed by atoms with Gasteiger partial charge in [0.1, 0.15) is 0 Å². The summed E-state index contributed by atoms with van der Waals surface area (Å²) in [6.07, 6.45) is 14.5. The van der Waals surface area contributed by atoms with Gasteiger partial charge in [-0.15, -0.1) is 0 Å². The van der Waals surface area contributed by atoms with E-state index in [1.807, 2.05) is 0 Å². The van der Waals surface area contributed by atoms with Crippen LogP contribution < -0.4 is 0 Å². The Labute approximate surface area is 117 Å². The van der Waals surface area contributed by atoms with Crippen LogP contribution in [-0.2, 0) is 17.1 Å². The van der Waals surface area contributed by atoms with Gasteiger partial charge in [-0.2, -0.15) is 0 Å². The van der Waals surface area contributed by atoms with Gasteiger partial charge in [-0.3, -0.25) is 0 Å². The van der Waals surface area contributed by atoms with Crippen LogP contribution in [0, 0.1) is 11.8 Å². The molecule has 96 valence electrons. The fourth-order valence-corrected chi connectivity index (χ4v) is 7.95. The van der Waals surface area contributed by atoms with E-state index in [4.69, 9.17) is 0 Å². The van der Waals surface area contributed by atoms with E-state index in [1.54, 1.807) is 10.0 Å². The van der Waals surface area contributed by atoms with Gasteiger partial charge in [-0.1, -0.05) is 0 Å². The van der Waals surface area contributed by atoms with Crippen LogP contribution in [0.5, 0.6) is 0 Å². The molecular formula is C16H30Zn. The number of allylic oxidation sites excluding steroid dienone is 4. The Balaban J connectivity index is 3.76. The Morgan fingerprint density at radius 2 is 1.24 bits per heavy atom. The van der Waals surface area contributed by atoms with Gasteiger partial charge in [0.2, 0.25) is 0 Å². The third-order valence-electron chi connectivity index (χ3n) is 3.79. The Morgan fingerprint density at radius 1 is 0.824 bits per heavy atom. The molecule has 0 radical (unpaired) electrons. The van der Waals surface area contributed by atoms with Gasteiger partial charge in [0.25, 0.3) is 0 Å². The van der Waals surface area contributed by atoms with Crippen LogP contribution in [-0.4, -0.2) is 0 Å². The first-order valence-electron chi connectivity index (χ1n) is 7.50. The second-order valence-corrected chi connectivity index (χ2v) is 9.00. The first kappa shape index (κ1) is 17.1. The quantitative estimate of drug-likeness (QED) is 0.347. The zero-order valence-electron chi connectivity index (χ0n) is 12.4. The van der Waals surface area contributed by atoms with E-state index in [0.29, 0.717) is 0 Å². The molecule has 2 atom stereocenters. The molecule has 0 bridgehead atoms. The summed E-state index contributed by atoms with van der Waals surface area (Å²) in [5.74, 6) is 1.98. The van der Waals surface area contributed by atoms with Crippen molar-refractivity contribution in [3.63, 3.8) is 0 Å². The summed E-state index contributed by atoms with van der Waals surface area (Å²) in [4.78, 5) is 0. The van der Waals surface area contributed by atoms with Crippen molar-refractivity contribution in [2.45, 2.75) is 63.4 Å². The Morgan fingerprint density at radius 3 is 1.53 bits per heavy atom. The monoisotopic (exact) mass is 286 g/mol. The topological polar surface area (TPSA) is 0 Å². The molecule has 0 aromatic rings. The van der Waals surface area contributed by atoms with Crippen molar-refractivity contribution in [2.24, 2.45) is 11.8 Å². The van der Waals surface area contributed by atoms with Crippen molar-refractivity contribution in [1.29, 1.82) is 0 Å². The maximum atomic E-state index is 2.35. The summed E-state index contributed by atoms with van der Waals surface area (Å²) in [6.45, 7) is 8.98. The second-order valence-electron chi connectivity index (χ2n) is 5.09. The van der Waals surface area contributed by atoms with Crippen LogP contribution in [0.25, 0.3) is 0 Å². The molecule has 0 spiro atoms. The molecule has 2 unspecified atom stereocenters. The molecule has 0 fully saturated rings. The summed E-state index contributed by atoms with van der Waals surface area (Å²) in [7, 11) is 0. The minimum atomic E-state index is -0.263. The summed E-state index contributed by atoms with van der Waals surface area (Å²) in [5.41, 5.74) is 0. The molecule has 0 aliphatic carbocycles. The van der Waals surface area contributed by atoms with E-state index in [-0.39, 0.29) is 17.1 Å². The molecule has 0 amide bonds. The summed E-state index contributed by atoms with van der Waals surface area (Å²) < 4.78 is 0. The van der Waals surface area contributed by atoms with Crippen molar-refractivity contribution in [3.8, 4) is 0 Å². The fourth-order valence-electron chi connectivity index (χ4n) is 2.33. The Bertz CT molecular complexity index is 184. The van der Waals surface area contributed by atoms with Gasteiger partial charge in [0.15, 0.2) is 0 Å². The van der Waals surface area contributed by atoms with Crippen molar-refractivity contribution in [2.75, 3.05) is 0 Å². The molecule has 0 aromatic carbocycles. The van der Waals surface area contributed by atoms with Gasteiger partial charge in [0.05, 0.1) is 0 Å². The molecule has 0 saturated carbocycles. The molecule has 0 aromatic heterocycles. The summed E-state index contributed by atoms with van der Waals surface area (Å²) in [5, 5.41) is 3.19. The van der Waals surface area contributed by atoms with Crippen molar-refractivity contribution < 1.29 is 17.1 Å². The minimum absolute atomic E-state index is 0.263. The van der Waals surface area contributed by atoms with Crippen LogP contribution in [0.2, 0.25) is 10.0 Å². The summed E-state index contributed by atoms with van der Waals surface area (Å²) >= 11 is -0.263. The molecule has 17 heavy (non-hydrogen) atoms. The van der Waals surface area contributed by atoms with Crippen molar-refractivity contribution in [3.05, 3.63) is 24.3 Å². The third kappa shape index (κ3) is 9.77. The van der Waals surface area contributed by atoms with Gasteiger partial charge in [-0.25, -0.2) is 0 Å². The first-order valence-corrected chi connectivity index (χ1v) is 11.7. The Kier molecular flexibility index (Phi) is 12.6. The molecule has 0 nitrogen and oxygen atoms in total. The molecule has 0 saturated heterocycles. The standard InChI is InChI=1S/2C8H15.Zn/c2*1-4-6-7-8(3)5-2;/h2*4,6,8H,3,5,7H2,1-2H3;. The maximum absolute atomic E-state index is 2.35. The summed E-state index contributed by atoms with van der Waals surface area (Å²) in [6, 6.07) is 0. The van der Waals surface area contributed by atoms with Crippen molar-refractivity contribution >= 4 is 0 Å². The Hall–Kier alpha value is 0.103. The molecule has 0 aliphatic heterocycles. The van der Waals surface area contributed by atoms with Gasteiger partial charge >= 0.3 is 117 Å². The van der Waals surface area contributed by atoms with Gasteiger partial charge in [0, 0.05) is 0 Å². The van der Waals surface area contributed by atoms with Crippen LogP contribution in [0.15, 0.2) is 24.3 Å². The predicted molar refractivity (Wildman–Crippen MR) is 76.0 cm³/mol. The van der Waals surface area contributed by atoms with E-state index in [2.05, 4.69) is 52.0 Å². The zero-order chi connectivity index (χ0) is 12.9. The third-order valence-corrected chi connectivity index (χ3v) is 8.93. The number of rotatable bonds is 10. The molecule has 0 heterocycles. The van der Waals surface area contributed by atoms with E-state index >= 15 is 0 Å². The van der Waals surface area contributed by atoms with Crippen LogP contribution in [0.3, 0.4) is 0 Å².